The van der Waals surface area contributed by atoms with Crippen LogP contribution in [-0.2, 0) is 4.74 Å². The summed E-state index contributed by atoms with van der Waals surface area (Å²) in [6.45, 7) is 4.22. The van der Waals surface area contributed by atoms with E-state index < -0.39 is 19.0 Å². The molecule has 0 atom stereocenters. The molecule has 0 amide bonds. The molecule has 0 heterocycles. The third kappa shape index (κ3) is 9.35. The molecule has 6 heteroatoms. The van der Waals surface area contributed by atoms with E-state index in [2.05, 4.69) is 23.9 Å². The van der Waals surface area contributed by atoms with E-state index >= 15 is 0 Å². The van der Waals surface area contributed by atoms with Crippen molar-refractivity contribution >= 4 is 0 Å². The lowest BCUT2D eigenvalue weighted by Crippen LogP contribution is -2.33. The van der Waals surface area contributed by atoms with Crippen LogP contribution < -0.4 is 5.32 Å². The van der Waals surface area contributed by atoms with E-state index in [-0.39, 0.29) is 6.61 Å². The summed E-state index contributed by atoms with van der Waals surface area (Å²) >= 11 is 0. The number of halogens is 4. The van der Waals surface area contributed by atoms with Crippen LogP contribution in [0.15, 0.2) is 0 Å². The minimum absolute atomic E-state index is 0.0178. The molecule has 17 heavy (non-hydrogen) atoms. The Bertz CT molecular complexity index is 188. The van der Waals surface area contributed by atoms with Gasteiger partial charge < -0.3 is 10.1 Å². The number of hydrogen-bond acceptors (Lipinski definition) is 2. The first-order valence-corrected chi connectivity index (χ1v) is 5.80. The van der Waals surface area contributed by atoms with Crippen LogP contribution in [0.3, 0.4) is 0 Å². The van der Waals surface area contributed by atoms with Gasteiger partial charge in [-0.2, -0.15) is 8.78 Å². The normalized spacial score (nSPS) is 12.7. The average molecular weight is 259 g/mol. The number of rotatable bonds is 10. The zero-order valence-corrected chi connectivity index (χ0v) is 10.3. The van der Waals surface area contributed by atoms with Crippen molar-refractivity contribution in [3.63, 3.8) is 0 Å². The van der Waals surface area contributed by atoms with Crippen LogP contribution in [0.4, 0.5) is 17.6 Å². The van der Waals surface area contributed by atoms with Crippen LogP contribution in [0.1, 0.15) is 26.7 Å². The molecule has 0 unspecified atom stereocenters. The van der Waals surface area contributed by atoms with Gasteiger partial charge >= 0.3 is 12.3 Å². The Morgan fingerprint density at radius 2 is 1.82 bits per heavy atom. The van der Waals surface area contributed by atoms with E-state index in [1.54, 1.807) is 0 Å². The highest BCUT2D eigenvalue weighted by molar-refractivity contribution is 4.67. The Kier molecular flexibility index (Phi) is 8.51. The standard InChI is InChI=1S/C11H21F4NO/c1-9(2)4-3-5-16-6-7-17-8-11(14,15)10(12)13/h9-10,16H,3-8H2,1-2H3. The molecule has 0 radical (unpaired) electrons. The van der Waals surface area contributed by atoms with Crippen molar-refractivity contribution in [2.24, 2.45) is 5.92 Å². The lowest BCUT2D eigenvalue weighted by molar-refractivity contribution is -0.165. The monoisotopic (exact) mass is 259 g/mol. The Morgan fingerprint density at radius 1 is 1.18 bits per heavy atom. The van der Waals surface area contributed by atoms with Gasteiger partial charge in [-0.1, -0.05) is 13.8 Å². The third-order valence-corrected chi connectivity index (χ3v) is 2.17. The van der Waals surface area contributed by atoms with Crippen molar-refractivity contribution < 1.29 is 22.3 Å². The summed E-state index contributed by atoms with van der Waals surface area (Å²) < 4.78 is 52.7. The van der Waals surface area contributed by atoms with Gasteiger partial charge in [-0.15, -0.1) is 0 Å². The molecule has 0 saturated heterocycles. The lowest BCUT2D eigenvalue weighted by Gasteiger charge is -2.15. The first-order chi connectivity index (χ1) is 7.86. The summed E-state index contributed by atoms with van der Waals surface area (Å²) in [5.74, 6) is -3.41. The molecule has 0 aromatic heterocycles. The van der Waals surface area contributed by atoms with Gasteiger partial charge in [-0.25, -0.2) is 8.78 Å². The first-order valence-electron chi connectivity index (χ1n) is 5.80. The molecule has 0 spiro atoms. The van der Waals surface area contributed by atoms with Gasteiger partial charge in [0.05, 0.1) is 6.61 Å². The minimum Gasteiger partial charge on any atom is -0.374 e. The molecule has 0 aliphatic heterocycles. The van der Waals surface area contributed by atoms with Crippen molar-refractivity contribution in [3.8, 4) is 0 Å². The van der Waals surface area contributed by atoms with Gasteiger partial charge in [0.2, 0.25) is 0 Å². The number of alkyl halides is 4. The molecular weight excluding hydrogens is 238 g/mol. The first kappa shape index (κ1) is 16.6. The maximum absolute atomic E-state index is 12.4. The Morgan fingerprint density at radius 3 is 2.35 bits per heavy atom. The summed E-state index contributed by atoms with van der Waals surface area (Å²) in [6, 6.07) is 0. The fourth-order valence-corrected chi connectivity index (χ4v) is 1.18. The highest BCUT2D eigenvalue weighted by Gasteiger charge is 2.40. The predicted octanol–water partition coefficient (Wildman–Crippen LogP) is 2.93. The summed E-state index contributed by atoms with van der Waals surface area (Å²) in [5, 5.41) is 3.00. The SMILES string of the molecule is CC(C)CCCNCCOCC(F)(F)C(F)F. The molecule has 0 aliphatic rings. The van der Waals surface area contributed by atoms with Crippen LogP contribution in [0.2, 0.25) is 0 Å². The van der Waals surface area contributed by atoms with Crippen molar-refractivity contribution in [2.45, 2.75) is 39.0 Å². The number of hydrogen-bond donors (Lipinski definition) is 1. The summed E-state index contributed by atoms with van der Waals surface area (Å²) in [7, 11) is 0. The van der Waals surface area contributed by atoms with E-state index in [9.17, 15) is 17.6 Å². The van der Waals surface area contributed by atoms with Gasteiger partial charge in [0, 0.05) is 6.54 Å². The van der Waals surface area contributed by atoms with E-state index in [1.807, 2.05) is 0 Å². The second-order valence-electron chi connectivity index (χ2n) is 4.40. The quantitative estimate of drug-likeness (QED) is 0.481. The summed E-state index contributed by atoms with van der Waals surface area (Å²) in [5.41, 5.74) is 0. The molecule has 0 aromatic rings. The molecule has 0 aromatic carbocycles. The van der Waals surface area contributed by atoms with Crippen LogP contribution in [0.5, 0.6) is 0 Å². The highest BCUT2D eigenvalue weighted by Crippen LogP contribution is 2.22. The molecule has 0 aliphatic carbocycles. The maximum atomic E-state index is 12.4. The van der Waals surface area contributed by atoms with Gasteiger partial charge in [0.25, 0.3) is 0 Å². The summed E-state index contributed by atoms with van der Waals surface area (Å²) in [4.78, 5) is 0. The Labute approximate surface area is 99.7 Å². The van der Waals surface area contributed by atoms with Crippen LogP contribution >= 0.6 is 0 Å². The van der Waals surface area contributed by atoms with Gasteiger partial charge in [0.1, 0.15) is 6.61 Å². The topological polar surface area (TPSA) is 21.3 Å². The molecule has 2 nitrogen and oxygen atoms in total. The van der Waals surface area contributed by atoms with E-state index in [0.29, 0.717) is 12.5 Å². The largest absolute Gasteiger partial charge is 0.374 e. The Balaban J connectivity index is 3.30. The van der Waals surface area contributed by atoms with E-state index in [0.717, 1.165) is 19.4 Å². The predicted molar refractivity (Wildman–Crippen MR) is 58.7 cm³/mol. The number of ether oxygens (including phenoxy) is 1. The molecule has 104 valence electrons. The molecule has 0 saturated carbocycles. The second kappa shape index (κ2) is 8.69. The zero-order chi connectivity index (χ0) is 13.3. The van der Waals surface area contributed by atoms with Crippen molar-refractivity contribution in [1.29, 1.82) is 0 Å². The van der Waals surface area contributed by atoms with Gasteiger partial charge in [0.15, 0.2) is 0 Å². The third-order valence-electron chi connectivity index (χ3n) is 2.17. The molecule has 0 bridgehead atoms. The van der Waals surface area contributed by atoms with Crippen LogP contribution in [0.25, 0.3) is 0 Å². The van der Waals surface area contributed by atoms with E-state index in [1.165, 1.54) is 0 Å². The molecule has 1 N–H and O–H groups in total. The minimum atomic E-state index is -4.04. The second-order valence-corrected chi connectivity index (χ2v) is 4.40. The van der Waals surface area contributed by atoms with E-state index in [4.69, 9.17) is 0 Å². The smallest absolute Gasteiger partial charge is 0.330 e. The zero-order valence-electron chi connectivity index (χ0n) is 10.3. The Hall–Kier alpha value is -0.360. The van der Waals surface area contributed by atoms with Crippen LogP contribution in [-0.4, -0.2) is 38.7 Å². The lowest BCUT2D eigenvalue weighted by atomic mass is 10.1. The van der Waals surface area contributed by atoms with Crippen LogP contribution in [0, 0.1) is 5.92 Å². The van der Waals surface area contributed by atoms with Crippen molar-refractivity contribution in [3.05, 3.63) is 0 Å². The number of nitrogens with one attached hydrogen (secondary N) is 1. The maximum Gasteiger partial charge on any atom is 0.330 e. The molecule has 0 rings (SSSR count). The van der Waals surface area contributed by atoms with Gasteiger partial charge in [-0.05, 0) is 25.3 Å². The van der Waals surface area contributed by atoms with Crippen molar-refractivity contribution in [2.75, 3.05) is 26.3 Å². The van der Waals surface area contributed by atoms with Crippen molar-refractivity contribution in [1.82, 2.24) is 5.32 Å². The molecular formula is C11H21F4NO. The fourth-order valence-electron chi connectivity index (χ4n) is 1.18. The average Bonchev–Trinajstić information content (AvgIpc) is 2.21. The van der Waals surface area contributed by atoms with Gasteiger partial charge in [-0.3, -0.25) is 0 Å². The summed E-state index contributed by atoms with van der Waals surface area (Å²) in [6.07, 6.45) is -1.57. The molecule has 0 fully saturated rings. The fraction of sp³-hybridized carbons (Fsp3) is 1.00. The highest BCUT2D eigenvalue weighted by atomic mass is 19.3.